The Balaban J connectivity index is 1.38. The second-order valence-corrected chi connectivity index (χ2v) is 7.69. The summed E-state index contributed by atoms with van der Waals surface area (Å²) in [6, 6.07) is 8.73. The fraction of sp³-hybridized carbons (Fsp3) is 0.263. The highest BCUT2D eigenvalue weighted by atomic mass is 32.1. The summed E-state index contributed by atoms with van der Waals surface area (Å²) in [5, 5.41) is 11.9. The van der Waals surface area contributed by atoms with Gasteiger partial charge in [-0.1, -0.05) is 18.2 Å². The van der Waals surface area contributed by atoms with Crippen LogP contribution >= 0.6 is 11.3 Å². The summed E-state index contributed by atoms with van der Waals surface area (Å²) in [5.41, 5.74) is 8.34. The Morgan fingerprint density at radius 3 is 2.64 bits per heavy atom. The van der Waals surface area contributed by atoms with Crippen LogP contribution in [0.25, 0.3) is 10.2 Å². The van der Waals surface area contributed by atoms with Crippen LogP contribution in [-0.2, 0) is 0 Å². The van der Waals surface area contributed by atoms with Crippen LogP contribution in [0, 0.1) is 13.8 Å². The zero-order chi connectivity index (χ0) is 19.8. The van der Waals surface area contributed by atoms with Gasteiger partial charge in [-0.15, -0.1) is 16.4 Å². The zero-order valence-corrected chi connectivity index (χ0v) is 16.2. The molecule has 2 aromatic heterocycles. The molecule has 1 fully saturated rings. The number of aromatic nitrogens is 2. The lowest BCUT2D eigenvalue weighted by molar-refractivity contribution is 0.0792. The maximum absolute atomic E-state index is 12.6. The number of anilines is 1. The van der Waals surface area contributed by atoms with Crippen molar-refractivity contribution in [2.45, 2.75) is 19.9 Å². The van der Waals surface area contributed by atoms with E-state index in [2.05, 4.69) is 15.5 Å². The second-order valence-electron chi connectivity index (χ2n) is 6.69. The van der Waals surface area contributed by atoms with Gasteiger partial charge in [0.05, 0.1) is 17.4 Å². The molecule has 3 aromatic rings. The van der Waals surface area contributed by atoms with E-state index >= 15 is 0 Å². The van der Waals surface area contributed by atoms with E-state index in [9.17, 15) is 9.59 Å². The molecule has 0 bridgehead atoms. The fourth-order valence-electron chi connectivity index (χ4n) is 3.03. The van der Waals surface area contributed by atoms with Crippen molar-refractivity contribution in [3.05, 3.63) is 46.5 Å². The molecule has 3 heterocycles. The Labute approximate surface area is 165 Å². The number of amides is 2. The first-order valence-electron chi connectivity index (χ1n) is 8.78. The molecule has 0 atom stereocenters. The van der Waals surface area contributed by atoms with Crippen molar-refractivity contribution in [1.29, 1.82) is 0 Å². The first-order chi connectivity index (χ1) is 13.4. The Kier molecular flexibility index (Phi) is 4.60. The van der Waals surface area contributed by atoms with Crippen LogP contribution in [0.1, 0.15) is 20.9 Å². The lowest BCUT2D eigenvalue weighted by Gasteiger charge is -2.38. The van der Waals surface area contributed by atoms with E-state index in [1.165, 1.54) is 16.2 Å². The smallest absolute Gasteiger partial charge is 0.410 e. The van der Waals surface area contributed by atoms with Gasteiger partial charge in [0, 0.05) is 18.5 Å². The normalized spacial score (nSPS) is 14.0. The van der Waals surface area contributed by atoms with Crippen molar-refractivity contribution in [2.24, 2.45) is 0 Å². The first kappa shape index (κ1) is 18.2. The van der Waals surface area contributed by atoms with E-state index in [0.717, 1.165) is 16.6 Å². The molecule has 0 unspecified atom stereocenters. The molecular formula is C19H19N5O3S. The number of rotatable bonds is 3. The average molecular weight is 397 g/mol. The number of carbonyl (C=O) groups is 2. The summed E-state index contributed by atoms with van der Waals surface area (Å²) in [6.45, 7) is 4.55. The molecule has 0 aliphatic carbocycles. The summed E-state index contributed by atoms with van der Waals surface area (Å²) in [7, 11) is 0. The minimum atomic E-state index is -0.431. The maximum atomic E-state index is 12.6. The molecule has 1 aromatic carbocycles. The molecule has 144 valence electrons. The van der Waals surface area contributed by atoms with Gasteiger partial charge >= 0.3 is 6.09 Å². The lowest BCUT2D eigenvalue weighted by atomic mass is 10.1. The van der Waals surface area contributed by atoms with Crippen molar-refractivity contribution in [1.82, 2.24) is 20.4 Å². The summed E-state index contributed by atoms with van der Waals surface area (Å²) in [5.74, 6) is 0.225. The largest absolute Gasteiger partial charge is 0.415 e. The van der Waals surface area contributed by atoms with E-state index in [1.807, 2.05) is 19.9 Å². The molecular weight excluding hydrogens is 378 g/mol. The van der Waals surface area contributed by atoms with E-state index < -0.39 is 6.09 Å². The Morgan fingerprint density at radius 2 is 1.93 bits per heavy atom. The summed E-state index contributed by atoms with van der Waals surface area (Å²) in [6.07, 6.45) is -0.431. The number of benzene rings is 1. The second kappa shape index (κ2) is 7.08. The highest BCUT2D eigenvalue weighted by molar-refractivity contribution is 7.21. The number of hydrogen-bond acceptors (Lipinski definition) is 7. The van der Waals surface area contributed by atoms with E-state index in [-0.39, 0.29) is 11.9 Å². The van der Waals surface area contributed by atoms with E-state index in [0.29, 0.717) is 34.2 Å². The van der Waals surface area contributed by atoms with E-state index in [1.54, 1.807) is 24.3 Å². The molecule has 9 heteroatoms. The number of thiophene rings is 1. The molecule has 0 radical (unpaired) electrons. The van der Waals surface area contributed by atoms with Crippen molar-refractivity contribution in [3.63, 3.8) is 0 Å². The third kappa shape index (κ3) is 3.24. The van der Waals surface area contributed by atoms with Crippen LogP contribution in [-0.4, -0.2) is 46.2 Å². The fourth-order valence-corrected chi connectivity index (χ4v) is 4.04. The molecule has 2 amide bonds. The number of likely N-dealkylation sites (tertiary alicyclic amines) is 1. The minimum Gasteiger partial charge on any atom is -0.410 e. The van der Waals surface area contributed by atoms with Gasteiger partial charge in [-0.05, 0) is 31.5 Å². The number of nitrogens with two attached hydrogens (primary N) is 1. The molecule has 1 aliphatic rings. The van der Waals surface area contributed by atoms with Gasteiger partial charge in [-0.25, -0.2) is 4.79 Å². The molecule has 1 saturated heterocycles. The Morgan fingerprint density at radius 1 is 1.21 bits per heavy atom. The SMILES string of the molecule is Cc1nnc2sc(C(=O)NC3CN(C(=O)Oc4ccccc4)C3)c(N)c2c1C. The topological polar surface area (TPSA) is 110 Å². The van der Waals surface area contributed by atoms with Crippen molar-refractivity contribution in [2.75, 3.05) is 18.8 Å². The van der Waals surface area contributed by atoms with Gasteiger partial charge in [-0.3, -0.25) is 4.79 Å². The first-order valence-corrected chi connectivity index (χ1v) is 9.60. The number of nitrogens with one attached hydrogen (secondary N) is 1. The number of para-hydroxylation sites is 1. The number of carbonyl (C=O) groups excluding carboxylic acids is 2. The number of aryl methyl sites for hydroxylation is 2. The highest BCUT2D eigenvalue weighted by Crippen LogP contribution is 2.34. The van der Waals surface area contributed by atoms with Crippen molar-refractivity contribution < 1.29 is 14.3 Å². The third-order valence-electron chi connectivity index (χ3n) is 4.76. The maximum Gasteiger partial charge on any atom is 0.415 e. The minimum absolute atomic E-state index is 0.144. The number of hydrogen-bond donors (Lipinski definition) is 2. The molecule has 4 rings (SSSR count). The molecule has 8 nitrogen and oxygen atoms in total. The monoisotopic (exact) mass is 397 g/mol. The Hall–Kier alpha value is -3.20. The van der Waals surface area contributed by atoms with Crippen LogP contribution in [0.3, 0.4) is 0 Å². The molecule has 28 heavy (non-hydrogen) atoms. The molecule has 0 spiro atoms. The van der Waals surface area contributed by atoms with Crippen molar-refractivity contribution in [3.8, 4) is 5.75 Å². The highest BCUT2D eigenvalue weighted by Gasteiger charge is 2.34. The van der Waals surface area contributed by atoms with Gasteiger partial charge < -0.3 is 20.7 Å². The number of nitrogen functional groups attached to an aromatic ring is 1. The number of fused-ring (bicyclic) bond motifs is 1. The third-order valence-corrected chi connectivity index (χ3v) is 5.85. The number of ether oxygens (including phenoxy) is 1. The predicted molar refractivity (Wildman–Crippen MR) is 107 cm³/mol. The van der Waals surface area contributed by atoms with Gasteiger partial charge in [-0.2, -0.15) is 5.10 Å². The standard InChI is InChI=1S/C19H19N5O3S/c1-10-11(2)22-23-18-14(10)15(20)16(28-18)17(25)21-12-8-24(9-12)19(26)27-13-6-4-3-5-7-13/h3-7,12H,8-9,20H2,1-2H3,(H,21,25). The van der Waals surface area contributed by atoms with Crippen LogP contribution in [0.4, 0.5) is 10.5 Å². The predicted octanol–water partition coefficient (Wildman–Crippen LogP) is 2.50. The van der Waals surface area contributed by atoms with Gasteiger partial charge in [0.25, 0.3) is 5.91 Å². The average Bonchev–Trinajstić information content (AvgIpc) is 2.99. The van der Waals surface area contributed by atoms with Gasteiger partial charge in [0.2, 0.25) is 0 Å². The van der Waals surface area contributed by atoms with Crippen LogP contribution in [0.5, 0.6) is 5.75 Å². The molecule has 1 aliphatic heterocycles. The molecule has 0 saturated carbocycles. The zero-order valence-electron chi connectivity index (χ0n) is 15.4. The van der Waals surface area contributed by atoms with Gasteiger partial charge in [0.1, 0.15) is 15.5 Å². The van der Waals surface area contributed by atoms with Crippen molar-refractivity contribution >= 4 is 39.2 Å². The quantitative estimate of drug-likeness (QED) is 0.703. The van der Waals surface area contributed by atoms with Crippen LogP contribution < -0.4 is 15.8 Å². The van der Waals surface area contributed by atoms with Crippen LogP contribution in [0.2, 0.25) is 0 Å². The Bertz CT molecular complexity index is 1060. The summed E-state index contributed by atoms with van der Waals surface area (Å²) >= 11 is 1.22. The summed E-state index contributed by atoms with van der Waals surface area (Å²) < 4.78 is 5.28. The summed E-state index contributed by atoms with van der Waals surface area (Å²) in [4.78, 5) is 27.3. The van der Waals surface area contributed by atoms with Gasteiger partial charge in [0.15, 0.2) is 0 Å². The van der Waals surface area contributed by atoms with E-state index in [4.69, 9.17) is 10.5 Å². The lowest BCUT2D eigenvalue weighted by Crippen LogP contribution is -2.61. The number of nitrogens with zero attached hydrogens (tertiary/aromatic N) is 3. The molecule has 3 N–H and O–H groups in total. The van der Waals surface area contributed by atoms with Crippen LogP contribution in [0.15, 0.2) is 30.3 Å².